The Morgan fingerprint density at radius 3 is 2.28 bits per heavy atom. The van der Waals surface area contributed by atoms with E-state index in [-0.39, 0.29) is 11.3 Å². The van der Waals surface area contributed by atoms with Crippen molar-refractivity contribution in [2.45, 2.75) is 57.9 Å². The van der Waals surface area contributed by atoms with Crippen LogP contribution >= 0.6 is 0 Å². The SMILES string of the molecule is Cc1cccc(C[C@H](NC(=O)C23CC4CC(CC(C4)C2)C3)C(=O)O)c1. The smallest absolute Gasteiger partial charge is 0.326 e. The van der Waals surface area contributed by atoms with E-state index in [2.05, 4.69) is 5.32 Å². The summed E-state index contributed by atoms with van der Waals surface area (Å²) in [7, 11) is 0. The fourth-order valence-corrected chi connectivity index (χ4v) is 5.97. The normalized spacial score (nSPS) is 33.9. The molecule has 0 saturated heterocycles. The van der Waals surface area contributed by atoms with Gasteiger partial charge in [0.2, 0.25) is 5.91 Å². The van der Waals surface area contributed by atoms with Crippen molar-refractivity contribution in [3.8, 4) is 0 Å². The van der Waals surface area contributed by atoms with Gasteiger partial charge >= 0.3 is 5.97 Å². The molecule has 4 saturated carbocycles. The predicted molar refractivity (Wildman–Crippen MR) is 95.1 cm³/mol. The number of carbonyl (C=O) groups excluding carboxylic acids is 1. The highest BCUT2D eigenvalue weighted by molar-refractivity contribution is 5.88. The molecule has 25 heavy (non-hydrogen) atoms. The highest BCUT2D eigenvalue weighted by Gasteiger charge is 2.54. The number of aliphatic carboxylic acids is 1. The third-order valence-corrected chi connectivity index (χ3v) is 6.65. The molecular formula is C21H27NO3. The van der Waals surface area contributed by atoms with E-state index in [0.717, 1.165) is 30.4 Å². The average Bonchev–Trinajstić information content (AvgIpc) is 2.52. The Bertz CT molecular complexity index is 661. The maximum atomic E-state index is 13.1. The molecule has 4 fully saturated rings. The van der Waals surface area contributed by atoms with Gasteiger partial charge in [0.05, 0.1) is 0 Å². The Morgan fingerprint density at radius 2 is 1.76 bits per heavy atom. The number of carboxylic acid groups (broad SMARTS) is 1. The minimum Gasteiger partial charge on any atom is -0.480 e. The van der Waals surface area contributed by atoms with Crippen LogP contribution in [0.4, 0.5) is 0 Å². The lowest BCUT2D eigenvalue weighted by Gasteiger charge is -2.55. The zero-order valence-electron chi connectivity index (χ0n) is 14.8. The van der Waals surface area contributed by atoms with Crippen molar-refractivity contribution in [3.05, 3.63) is 35.4 Å². The molecule has 0 aromatic heterocycles. The molecule has 1 aromatic rings. The van der Waals surface area contributed by atoms with Gasteiger partial charge in [-0.1, -0.05) is 29.8 Å². The zero-order chi connectivity index (χ0) is 17.6. The molecule has 0 aliphatic heterocycles. The van der Waals surface area contributed by atoms with Crippen molar-refractivity contribution in [2.24, 2.45) is 23.2 Å². The lowest BCUT2D eigenvalue weighted by atomic mass is 9.49. The van der Waals surface area contributed by atoms with Gasteiger partial charge in [-0.25, -0.2) is 4.79 Å². The maximum absolute atomic E-state index is 13.1. The van der Waals surface area contributed by atoms with Gasteiger partial charge in [-0.3, -0.25) is 4.79 Å². The summed E-state index contributed by atoms with van der Waals surface area (Å²) in [4.78, 5) is 24.8. The van der Waals surface area contributed by atoms with E-state index >= 15 is 0 Å². The van der Waals surface area contributed by atoms with Crippen LogP contribution in [0.2, 0.25) is 0 Å². The summed E-state index contributed by atoms with van der Waals surface area (Å²) in [6, 6.07) is 7.01. The summed E-state index contributed by atoms with van der Waals surface area (Å²) < 4.78 is 0. The Labute approximate surface area is 149 Å². The van der Waals surface area contributed by atoms with E-state index in [0.29, 0.717) is 24.2 Å². The summed E-state index contributed by atoms with van der Waals surface area (Å²) in [5.41, 5.74) is 1.77. The van der Waals surface area contributed by atoms with E-state index in [1.807, 2.05) is 31.2 Å². The molecule has 0 heterocycles. The second-order valence-electron chi connectivity index (χ2n) is 8.76. The van der Waals surface area contributed by atoms with E-state index in [9.17, 15) is 14.7 Å². The Kier molecular flexibility index (Phi) is 4.09. The number of rotatable bonds is 5. The van der Waals surface area contributed by atoms with Gasteiger partial charge in [0.15, 0.2) is 0 Å². The maximum Gasteiger partial charge on any atom is 0.326 e. The molecule has 4 heteroatoms. The monoisotopic (exact) mass is 341 g/mol. The van der Waals surface area contributed by atoms with Gasteiger partial charge in [0, 0.05) is 11.8 Å². The van der Waals surface area contributed by atoms with Crippen LogP contribution in [-0.4, -0.2) is 23.0 Å². The molecule has 134 valence electrons. The number of hydrogen-bond acceptors (Lipinski definition) is 2. The Hall–Kier alpha value is -1.84. The quantitative estimate of drug-likeness (QED) is 0.863. The second kappa shape index (κ2) is 6.15. The largest absolute Gasteiger partial charge is 0.480 e. The van der Waals surface area contributed by atoms with Crippen LogP contribution in [0.1, 0.15) is 49.7 Å². The van der Waals surface area contributed by atoms with Gasteiger partial charge in [-0.05, 0) is 68.8 Å². The van der Waals surface area contributed by atoms with E-state index in [4.69, 9.17) is 0 Å². The Balaban J connectivity index is 1.49. The summed E-state index contributed by atoms with van der Waals surface area (Å²) in [6.07, 6.45) is 7.05. The van der Waals surface area contributed by atoms with E-state index in [1.54, 1.807) is 0 Å². The molecular weight excluding hydrogens is 314 g/mol. The third-order valence-electron chi connectivity index (χ3n) is 6.65. The number of amides is 1. The first-order chi connectivity index (χ1) is 11.9. The van der Waals surface area contributed by atoms with Crippen molar-refractivity contribution >= 4 is 11.9 Å². The van der Waals surface area contributed by atoms with E-state index in [1.165, 1.54) is 19.3 Å². The highest BCUT2D eigenvalue weighted by Crippen LogP contribution is 2.60. The molecule has 5 rings (SSSR count). The van der Waals surface area contributed by atoms with Crippen molar-refractivity contribution < 1.29 is 14.7 Å². The molecule has 4 nitrogen and oxygen atoms in total. The minimum absolute atomic E-state index is 0.00773. The number of aryl methyl sites for hydroxylation is 1. The standard InChI is InChI=1S/C21H27NO3/c1-13-3-2-4-14(5-13)9-18(19(23)24)22-20(25)21-10-15-6-16(11-21)8-17(7-15)12-21/h2-5,15-18H,6-12H2,1H3,(H,22,25)(H,23,24)/t15?,16?,17?,18-,21?/m0/s1. The fourth-order valence-electron chi connectivity index (χ4n) is 5.97. The van der Waals surface area contributed by atoms with Crippen molar-refractivity contribution in [1.29, 1.82) is 0 Å². The first-order valence-corrected chi connectivity index (χ1v) is 9.53. The molecule has 2 N–H and O–H groups in total. The first-order valence-electron chi connectivity index (χ1n) is 9.53. The molecule has 1 amide bonds. The molecule has 4 bridgehead atoms. The lowest BCUT2D eigenvalue weighted by molar-refractivity contribution is -0.151. The topological polar surface area (TPSA) is 66.4 Å². The van der Waals surface area contributed by atoms with Gasteiger partial charge in [-0.2, -0.15) is 0 Å². The predicted octanol–water partition coefficient (Wildman–Crippen LogP) is 3.32. The first kappa shape index (κ1) is 16.6. The second-order valence-corrected chi connectivity index (χ2v) is 8.76. The third kappa shape index (κ3) is 3.19. The zero-order valence-corrected chi connectivity index (χ0v) is 14.8. The van der Waals surface area contributed by atoms with Crippen LogP contribution in [-0.2, 0) is 16.0 Å². The van der Waals surface area contributed by atoms with Gasteiger partial charge in [0.25, 0.3) is 0 Å². The van der Waals surface area contributed by atoms with Crippen LogP contribution in [0.25, 0.3) is 0 Å². The van der Waals surface area contributed by atoms with Crippen LogP contribution in [0.3, 0.4) is 0 Å². The molecule has 0 radical (unpaired) electrons. The number of hydrogen-bond donors (Lipinski definition) is 2. The molecule has 4 aliphatic carbocycles. The lowest BCUT2D eigenvalue weighted by Crippen LogP contribution is -2.56. The molecule has 4 aliphatic rings. The number of carboxylic acids is 1. The number of nitrogens with one attached hydrogen (secondary N) is 1. The summed E-state index contributed by atoms with van der Waals surface area (Å²) in [6.45, 7) is 1.99. The number of carbonyl (C=O) groups is 2. The van der Waals surface area contributed by atoms with Crippen LogP contribution in [0.15, 0.2) is 24.3 Å². The molecule has 0 unspecified atom stereocenters. The summed E-state index contributed by atoms with van der Waals surface area (Å²) >= 11 is 0. The van der Waals surface area contributed by atoms with Crippen molar-refractivity contribution in [1.82, 2.24) is 5.32 Å². The van der Waals surface area contributed by atoms with Gasteiger partial charge in [0.1, 0.15) is 6.04 Å². The number of benzene rings is 1. The summed E-state index contributed by atoms with van der Waals surface area (Å²) in [5.74, 6) is 1.08. The molecule has 1 aromatic carbocycles. The minimum atomic E-state index is -0.945. The average molecular weight is 341 g/mol. The van der Waals surface area contributed by atoms with Crippen LogP contribution in [0.5, 0.6) is 0 Å². The van der Waals surface area contributed by atoms with E-state index < -0.39 is 12.0 Å². The van der Waals surface area contributed by atoms with Crippen LogP contribution in [0, 0.1) is 30.1 Å². The van der Waals surface area contributed by atoms with Gasteiger partial charge in [-0.15, -0.1) is 0 Å². The summed E-state index contributed by atoms with van der Waals surface area (Å²) in [5, 5.41) is 12.5. The Morgan fingerprint density at radius 1 is 1.16 bits per heavy atom. The highest BCUT2D eigenvalue weighted by atomic mass is 16.4. The van der Waals surface area contributed by atoms with Crippen LogP contribution < -0.4 is 5.32 Å². The van der Waals surface area contributed by atoms with Gasteiger partial charge < -0.3 is 10.4 Å². The molecule has 0 spiro atoms. The molecule has 1 atom stereocenters. The van der Waals surface area contributed by atoms with Crippen molar-refractivity contribution in [2.75, 3.05) is 0 Å². The van der Waals surface area contributed by atoms with Crippen molar-refractivity contribution in [3.63, 3.8) is 0 Å². The fraction of sp³-hybridized carbons (Fsp3) is 0.619.